The van der Waals surface area contributed by atoms with Crippen molar-refractivity contribution in [3.05, 3.63) is 65.8 Å². The number of anilines is 2. The van der Waals surface area contributed by atoms with Gasteiger partial charge < -0.3 is 14.6 Å². The second-order valence-electron chi connectivity index (χ2n) is 6.20. The predicted octanol–water partition coefficient (Wildman–Crippen LogP) is 4.04. The minimum Gasteiger partial charge on any atom is -0.441 e. The fourth-order valence-electron chi connectivity index (χ4n) is 2.54. The Morgan fingerprint density at radius 3 is 2.58 bits per heavy atom. The molecule has 0 aliphatic rings. The second kappa shape index (κ2) is 7.39. The average molecular weight is 353 g/mol. The van der Waals surface area contributed by atoms with Crippen LogP contribution in [0.5, 0.6) is 0 Å². The van der Waals surface area contributed by atoms with E-state index in [4.69, 9.17) is 4.42 Å². The van der Waals surface area contributed by atoms with E-state index in [0.29, 0.717) is 28.6 Å². The molecule has 1 heterocycles. The van der Waals surface area contributed by atoms with E-state index >= 15 is 0 Å². The summed E-state index contributed by atoms with van der Waals surface area (Å²) in [7, 11) is 3.91. The lowest BCUT2D eigenvalue weighted by molar-refractivity contribution is -0.115. The Labute approximate surface area is 151 Å². The zero-order valence-electron chi connectivity index (χ0n) is 14.9. The summed E-state index contributed by atoms with van der Waals surface area (Å²) < 4.78 is 18.9. The van der Waals surface area contributed by atoms with E-state index in [-0.39, 0.29) is 18.1 Å². The lowest BCUT2D eigenvalue weighted by atomic mass is 10.2. The molecule has 0 aliphatic carbocycles. The van der Waals surface area contributed by atoms with Crippen LogP contribution in [0.25, 0.3) is 11.5 Å². The van der Waals surface area contributed by atoms with E-state index in [9.17, 15) is 9.18 Å². The van der Waals surface area contributed by atoms with Crippen molar-refractivity contribution in [3.63, 3.8) is 0 Å². The first-order valence-electron chi connectivity index (χ1n) is 8.22. The Balaban J connectivity index is 1.69. The highest BCUT2D eigenvalue weighted by atomic mass is 19.1. The molecule has 0 atom stereocenters. The standard InChI is InChI=1S/C20H20FN3O2/c1-13-18(23-20(26-13)14-5-4-6-15(21)11-14)12-19(25)22-16-7-9-17(10-8-16)24(2)3/h4-11H,12H2,1-3H3,(H,22,25). The lowest BCUT2D eigenvalue weighted by Crippen LogP contribution is -2.15. The fourth-order valence-corrected chi connectivity index (χ4v) is 2.54. The molecule has 0 saturated heterocycles. The van der Waals surface area contributed by atoms with Crippen molar-refractivity contribution in [2.45, 2.75) is 13.3 Å². The van der Waals surface area contributed by atoms with E-state index in [2.05, 4.69) is 10.3 Å². The average Bonchev–Trinajstić information content (AvgIpc) is 2.96. The molecule has 0 fully saturated rings. The molecule has 0 spiro atoms. The van der Waals surface area contributed by atoms with Crippen molar-refractivity contribution in [2.24, 2.45) is 0 Å². The van der Waals surface area contributed by atoms with Crippen LogP contribution in [-0.2, 0) is 11.2 Å². The number of oxazole rings is 1. The van der Waals surface area contributed by atoms with Gasteiger partial charge in [0.15, 0.2) is 0 Å². The molecular formula is C20H20FN3O2. The smallest absolute Gasteiger partial charge is 0.230 e. The van der Waals surface area contributed by atoms with Crippen LogP contribution in [0, 0.1) is 12.7 Å². The van der Waals surface area contributed by atoms with E-state index < -0.39 is 0 Å². The zero-order chi connectivity index (χ0) is 18.7. The molecule has 6 heteroatoms. The van der Waals surface area contributed by atoms with Crippen LogP contribution < -0.4 is 10.2 Å². The zero-order valence-corrected chi connectivity index (χ0v) is 14.9. The van der Waals surface area contributed by atoms with Gasteiger partial charge in [-0.1, -0.05) is 6.07 Å². The maximum Gasteiger partial charge on any atom is 0.230 e. The van der Waals surface area contributed by atoms with Gasteiger partial charge in [-0.15, -0.1) is 0 Å². The Kier molecular flexibility index (Phi) is 5.02. The quantitative estimate of drug-likeness (QED) is 0.752. The number of aromatic nitrogens is 1. The molecule has 2 aromatic carbocycles. The van der Waals surface area contributed by atoms with Gasteiger partial charge in [0.25, 0.3) is 0 Å². The maximum absolute atomic E-state index is 13.4. The second-order valence-corrected chi connectivity index (χ2v) is 6.20. The molecule has 0 unspecified atom stereocenters. The third kappa shape index (κ3) is 4.08. The van der Waals surface area contributed by atoms with Crippen LogP contribution in [0.4, 0.5) is 15.8 Å². The first-order chi connectivity index (χ1) is 12.4. The highest BCUT2D eigenvalue weighted by Gasteiger charge is 2.15. The third-order valence-electron chi connectivity index (χ3n) is 3.96. The summed E-state index contributed by atoms with van der Waals surface area (Å²) >= 11 is 0. The number of hydrogen-bond acceptors (Lipinski definition) is 4. The molecule has 1 aromatic heterocycles. The van der Waals surface area contributed by atoms with Gasteiger partial charge in [-0.3, -0.25) is 4.79 Å². The van der Waals surface area contributed by atoms with E-state index in [1.165, 1.54) is 12.1 Å². The minimum atomic E-state index is -0.362. The number of amides is 1. The summed E-state index contributed by atoms with van der Waals surface area (Å²) in [5.74, 6) is 0.297. The lowest BCUT2D eigenvalue weighted by Gasteiger charge is -2.12. The molecule has 0 radical (unpaired) electrons. The van der Waals surface area contributed by atoms with Crippen molar-refractivity contribution in [3.8, 4) is 11.5 Å². The van der Waals surface area contributed by atoms with Crippen LogP contribution in [0.3, 0.4) is 0 Å². The van der Waals surface area contributed by atoms with Gasteiger partial charge in [-0.25, -0.2) is 9.37 Å². The highest BCUT2D eigenvalue weighted by Crippen LogP contribution is 2.23. The van der Waals surface area contributed by atoms with Crippen LogP contribution in [-0.4, -0.2) is 25.0 Å². The molecule has 134 valence electrons. The molecule has 1 amide bonds. The molecule has 0 aliphatic heterocycles. The number of benzene rings is 2. The normalized spacial score (nSPS) is 10.6. The number of aryl methyl sites for hydroxylation is 1. The predicted molar refractivity (Wildman–Crippen MR) is 99.7 cm³/mol. The van der Waals surface area contributed by atoms with Gasteiger partial charge >= 0.3 is 0 Å². The summed E-state index contributed by atoms with van der Waals surface area (Å²) in [4.78, 5) is 18.6. The summed E-state index contributed by atoms with van der Waals surface area (Å²) in [6, 6.07) is 13.6. The topological polar surface area (TPSA) is 58.4 Å². The highest BCUT2D eigenvalue weighted by molar-refractivity contribution is 5.92. The van der Waals surface area contributed by atoms with Crippen molar-refractivity contribution in [1.29, 1.82) is 0 Å². The summed E-state index contributed by atoms with van der Waals surface area (Å²) in [5.41, 5.74) is 2.84. The summed E-state index contributed by atoms with van der Waals surface area (Å²) in [5, 5.41) is 2.84. The first kappa shape index (κ1) is 17.7. The van der Waals surface area contributed by atoms with Crippen LogP contribution >= 0.6 is 0 Å². The number of carbonyl (C=O) groups excluding carboxylic acids is 1. The van der Waals surface area contributed by atoms with Crippen molar-refractivity contribution in [1.82, 2.24) is 4.98 Å². The number of nitrogens with one attached hydrogen (secondary N) is 1. The van der Waals surface area contributed by atoms with Crippen molar-refractivity contribution >= 4 is 17.3 Å². The number of rotatable bonds is 5. The molecule has 0 bridgehead atoms. The van der Waals surface area contributed by atoms with Crippen LogP contribution in [0.2, 0.25) is 0 Å². The van der Waals surface area contributed by atoms with Crippen LogP contribution in [0.15, 0.2) is 52.9 Å². The molecule has 3 aromatic rings. The largest absolute Gasteiger partial charge is 0.441 e. The summed E-state index contributed by atoms with van der Waals surface area (Å²) in [6.07, 6.45) is 0.0834. The summed E-state index contributed by atoms with van der Waals surface area (Å²) in [6.45, 7) is 1.74. The number of nitrogens with zero attached hydrogens (tertiary/aromatic N) is 2. The van der Waals surface area contributed by atoms with Crippen molar-refractivity contribution in [2.75, 3.05) is 24.3 Å². The molecule has 3 rings (SSSR count). The Morgan fingerprint density at radius 2 is 1.92 bits per heavy atom. The van der Waals surface area contributed by atoms with E-state index in [1.807, 2.05) is 43.3 Å². The molecular weight excluding hydrogens is 333 g/mol. The van der Waals surface area contributed by atoms with Crippen molar-refractivity contribution < 1.29 is 13.6 Å². The van der Waals surface area contributed by atoms with Gasteiger partial charge in [0.2, 0.25) is 11.8 Å². The van der Waals surface area contributed by atoms with Gasteiger partial charge in [0, 0.05) is 31.0 Å². The first-order valence-corrected chi connectivity index (χ1v) is 8.22. The fraction of sp³-hybridized carbons (Fsp3) is 0.200. The number of halogens is 1. The van der Waals surface area contributed by atoms with Gasteiger partial charge in [0.1, 0.15) is 11.6 Å². The molecule has 26 heavy (non-hydrogen) atoms. The SMILES string of the molecule is Cc1oc(-c2cccc(F)c2)nc1CC(=O)Nc1ccc(N(C)C)cc1. The number of hydrogen-bond donors (Lipinski definition) is 1. The van der Waals surface area contributed by atoms with Gasteiger partial charge in [-0.05, 0) is 49.4 Å². The number of carbonyl (C=O) groups is 1. The Bertz CT molecular complexity index is 917. The maximum atomic E-state index is 13.4. The Hall–Kier alpha value is -3.15. The van der Waals surface area contributed by atoms with Crippen LogP contribution in [0.1, 0.15) is 11.5 Å². The third-order valence-corrected chi connectivity index (χ3v) is 3.96. The molecule has 0 saturated carbocycles. The van der Waals surface area contributed by atoms with E-state index in [1.54, 1.807) is 19.1 Å². The molecule has 5 nitrogen and oxygen atoms in total. The monoisotopic (exact) mass is 353 g/mol. The van der Waals surface area contributed by atoms with E-state index in [0.717, 1.165) is 5.69 Å². The van der Waals surface area contributed by atoms with Gasteiger partial charge in [0.05, 0.1) is 12.1 Å². The minimum absolute atomic E-state index is 0.0834. The van der Waals surface area contributed by atoms with Gasteiger partial charge in [-0.2, -0.15) is 0 Å². The molecule has 1 N–H and O–H groups in total. The Morgan fingerprint density at radius 1 is 1.19 bits per heavy atom.